The molecule has 1 aromatic carbocycles. The fourth-order valence-corrected chi connectivity index (χ4v) is 2.43. The van der Waals surface area contributed by atoms with Gasteiger partial charge in [0.1, 0.15) is 11.6 Å². The molecule has 3 rings (SSSR count). The van der Waals surface area contributed by atoms with Gasteiger partial charge in [0.15, 0.2) is 0 Å². The van der Waals surface area contributed by atoms with Crippen LogP contribution in [0.25, 0.3) is 0 Å². The Bertz CT molecular complexity index is 677. The molecule has 0 amide bonds. The number of anilines is 2. The van der Waals surface area contributed by atoms with Crippen LogP contribution < -0.4 is 15.5 Å². The van der Waals surface area contributed by atoms with Crippen molar-refractivity contribution in [3.8, 4) is 0 Å². The zero-order valence-corrected chi connectivity index (χ0v) is 11.7. The van der Waals surface area contributed by atoms with Crippen molar-refractivity contribution < 1.29 is 4.39 Å². The predicted octanol–water partition coefficient (Wildman–Crippen LogP) is 0.939. The average molecular weight is 289 g/mol. The van der Waals surface area contributed by atoms with Crippen LogP contribution >= 0.6 is 0 Å². The fourth-order valence-electron chi connectivity index (χ4n) is 2.43. The highest BCUT2D eigenvalue weighted by molar-refractivity contribution is 5.48. The van der Waals surface area contributed by atoms with E-state index in [0.717, 1.165) is 31.9 Å². The average Bonchev–Trinajstić information content (AvgIpc) is 2.47. The Morgan fingerprint density at radius 1 is 1.05 bits per heavy atom. The monoisotopic (exact) mass is 289 g/mol. The Morgan fingerprint density at radius 2 is 1.67 bits per heavy atom. The van der Waals surface area contributed by atoms with E-state index in [0.29, 0.717) is 11.8 Å². The third kappa shape index (κ3) is 3.01. The summed E-state index contributed by atoms with van der Waals surface area (Å²) in [6.07, 6.45) is 0. The van der Waals surface area contributed by atoms with Crippen LogP contribution in [-0.4, -0.2) is 41.1 Å². The first-order chi connectivity index (χ1) is 10.1. The topological polar surface area (TPSA) is 65.1 Å². The molecule has 1 aliphatic heterocycles. The summed E-state index contributed by atoms with van der Waals surface area (Å²) in [5.74, 6) is 0.797. The minimum absolute atomic E-state index is 0.232. The maximum Gasteiger partial charge on any atom is 0.349 e. The van der Waals surface area contributed by atoms with E-state index in [2.05, 4.69) is 19.9 Å². The van der Waals surface area contributed by atoms with Gasteiger partial charge in [-0.15, -0.1) is 0 Å². The Hall–Kier alpha value is -2.44. The van der Waals surface area contributed by atoms with Crippen molar-refractivity contribution in [2.45, 2.75) is 6.92 Å². The van der Waals surface area contributed by atoms with E-state index in [9.17, 15) is 9.18 Å². The van der Waals surface area contributed by atoms with Crippen LogP contribution in [0.2, 0.25) is 0 Å². The molecule has 1 aromatic heterocycles. The van der Waals surface area contributed by atoms with Gasteiger partial charge in [0.2, 0.25) is 5.95 Å². The molecule has 1 fully saturated rings. The summed E-state index contributed by atoms with van der Waals surface area (Å²) in [4.78, 5) is 26.3. The van der Waals surface area contributed by atoms with Crippen molar-refractivity contribution in [2.24, 2.45) is 0 Å². The zero-order valence-electron chi connectivity index (χ0n) is 11.7. The SMILES string of the molecule is Cc1nc(N2CCN(c3ccc(F)cc3)CC2)nc(=O)[nH]1. The summed E-state index contributed by atoms with van der Waals surface area (Å²) in [5.41, 5.74) is 0.623. The number of piperazine rings is 1. The van der Waals surface area contributed by atoms with Gasteiger partial charge < -0.3 is 9.80 Å². The number of hydrogen-bond donors (Lipinski definition) is 1. The number of aryl methyl sites for hydroxylation is 1. The second-order valence-electron chi connectivity index (χ2n) is 4.99. The van der Waals surface area contributed by atoms with E-state index in [-0.39, 0.29) is 11.5 Å². The number of rotatable bonds is 2. The Morgan fingerprint density at radius 3 is 2.29 bits per heavy atom. The maximum atomic E-state index is 12.9. The normalized spacial score (nSPS) is 15.3. The number of benzene rings is 1. The second-order valence-corrected chi connectivity index (χ2v) is 4.99. The molecule has 6 nitrogen and oxygen atoms in total. The van der Waals surface area contributed by atoms with E-state index < -0.39 is 0 Å². The Kier molecular flexibility index (Phi) is 3.55. The fraction of sp³-hybridized carbons (Fsp3) is 0.357. The molecule has 2 heterocycles. The molecule has 110 valence electrons. The molecule has 0 atom stereocenters. The number of hydrogen-bond acceptors (Lipinski definition) is 5. The lowest BCUT2D eigenvalue weighted by molar-refractivity contribution is 0.622. The van der Waals surface area contributed by atoms with Crippen molar-refractivity contribution >= 4 is 11.6 Å². The standard InChI is InChI=1S/C14H16FN5O/c1-10-16-13(18-14(21)17-10)20-8-6-19(7-9-20)12-4-2-11(15)3-5-12/h2-5H,6-9H2,1H3,(H,16,17,18,21). The molecule has 0 saturated carbocycles. The largest absolute Gasteiger partial charge is 0.368 e. The molecular formula is C14H16FN5O. The van der Waals surface area contributed by atoms with Gasteiger partial charge in [-0.05, 0) is 31.2 Å². The second kappa shape index (κ2) is 5.51. The number of nitrogens with one attached hydrogen (secondary N) is 1. The molecule has 0 aliphatic carbocycles. The lowest BCUT2D eigenvalue weighted by Crippen LogP contribution is -2.47. The Labute approximate surface area is 121 Å². The number of nitrogens with zero attached hydrogens (tertiary/aromatic N) is 4. The lowest BCUT2D eigenvalue weighted by atomic mass is 10.2. The molecule has 2 aromatic rings. The zero-order chi connectivity index (χ0) is 14.8. The van der Waals surface area contributed by atoms with Crippen LogP contribution in [0.5, 0.6) is 0 Å². The summed E-state index contributed by atoms with van der Waals surface area (Å²) in [6.45, 7) is 4.74. The van der Waals surface area contributed by atoms with E-state index in [1.54, 1.807) is 19.1 Å². The van der Waals surface area contributed by atoms with Gasteiger partial charge in [0.25, 0.3) is 0 Å². The highest BCUT2D eigenvalue weighted by Gasteiger charge is 2.19. The summed E-state index contributed by atoms with van der Waals surface area (Å²) >= 11 is 0. The van der Waals surface area contributed by atoms with Gasteiger partial charge in [-0.3, -0.25) is 4.98 Å². The molecule has 0 radical (unpaired) electrons. The van der Waals surface area contributed by atoms with Crippen molar-refractivity contribution in [1.82, 2.24) is 15.0 Å². The van der Waals surface area contributed by atoms with Gasteiger partial charge >= 0.3 is 5.69 Å². The van der Waals surface area contributed by atoms with Gasteiger partial charge in [-0.1, -0.05) is 0 Å². The van der Waals surface area contributed by atoms with Crippen molar-refractivity contribution in [1.29, 1.82) is 0 Å². The molecular weight excluding hydrogens is 273 g/mol. The predicted molar refractivity (Wildman–Crippen MR) is 78.2 cm³/mol. The number of aromatic nitrogens is 3. The van der Waals surface area contributed by atoms with E-state index in [1.165, 1.54) is 12.1 Å². The molecule has 0 unspecified atom stereocenters. The van der Waals surface area contributed by atoms with Crippen molar-refractivity contribution in [3.05, 3.63) is 46.4 Å². The minimum atomic E-state index is -0.376. The number of H-pyrrole nitrogens is 1. The summed E-state index contributed by atoms with van der Waals surface area (Å²) in [5, 5.41) is 0. The van der Waals surface area contributed by atoms with Crippen LogP contribution in [0.15, 0.2) is 29.1 Å². The van der Waals surface area contributed by atoms with Crippen LogP contribution in [0.4, 0.5) is 16.0 Å². The summed E-state index contributed by atoms with van der Waals surface area (Å²) in [7, 11) is 0. The smallest absolute Gasteiger partial charge is 0.349 e. The van der Waals surface area contributed by atoms with Crippen molar-refractivity contribution in [3.63, 3.8) is 0 Å². The highest BCUT2D eigenvalue weighted by Crippen LogP contribution is 2.18. The van der Waals surface area contributed by atoms with Gasteiger partial charge in [0.05, 0.1) is 0 Å². The highest BCUT2D eigenvalue weighted by atomic mass is 19.1. The molecule has 7 heteroatoms. The molecule has 1 aliphatic rings. The van der Waals surface area contributed by atoms with Crippen molar-refractivity contribution in [2.75, 3.05) is 36.0 Å². The third-order valence-corrected chi connectivity index (χ3v) is 3.51. The lowest BCUT2D eigenvalue weighted by Gasteiger charge is -2.36. The number of aromatic amines is 1. The molecule has 0 spiro atoms. The van der Waals surface area contributed by atoms with Gasteiger partial charge in [-0.2, -0.15) is 9.97 Å². The molecule has 1 N–H and O–H groups in total. The van der Waals surface area contributed by atoms with E-state index in [4.69, 9.17) is 0 Å². The van der Waals surface area contributed by atoms with Gasteiger partial charge in [-0.25, -0.2) is 9.18 Å². The Balaban J connectivity index is 1.70. The van der Waals surface area contributed by atoms with Gasteiger partial charge in [0, 0.05) is 31.9 Å². The summed E-state index contributed by atoms with van der Waals surface area (Å²) < 4.78 is 12.9. The first-order valence-electron chi connectivity index (χ1n) is 6.82. The van der Waals surface area contributed by atoms with E-state index in [1.807, 2.05) is 4.90 Å². The molecule has 0 bridgehead atoms. The minimum Gasteiger partial charge on any atom is -0.368 e. The quantitative estimate of drug-likeness (QED) is 0.891. The first kappa shape index (κ1) is 13.5. The molecule has 1 saturated heterocycles. The van der Waals surface area contributed by atoms with Crippen LogP contribution in [0, 0.1) is 12.7 Å². The van der Waals surface area contributed by atoms with Crippen LogP contribution in [0.3, 0.4) is 0 Å². The van der Waals surface area contributed by atoms with Crippen LogP contribution in [0.1, 0.15) is 5.82 Å². The molecule has 21 heavy (non-hydrogen) atoms. The number of halogens is 1. The van der Waals surface area contributed by atoms with E-state index >= 15 is 0 Å². The third-order valence-electron chi connectivity index (χ3n) is 3.51. The summed E-state index contributed by atoms with van der Waals surface area (Å²) in [6, 6.07) is 6.48. The maximum absolute atomic E-state index is 12.9. The first-order valence-corrected chi connectivity index (χ1v) is 6.82. The van der Waals surface area contributed by atoms with Crippen LogP contribution in [-0.2, 0) is 0 Å².